The maximum atomic E-state index is 5.44. The molecule has 5 heteroatoms. The molecule has 0 fully saturated rings. The van der Waals surface area contributed by atoms with Gasteiger partial charge in [0.1, 0.15) is 11.4 Å². The van der Waals surface area contributed by atoms with Crippen LogP contribution in [0.4, 0.5) is 0 Å². The van der Waals surface area contributed by atoms with E-state index >= 15 is 0 Å². The Balaban J connectivity index is 1.73. The number of methoxy groups -OCH3 is 1. The van der Waals surface area contributed by atoms with Gasteiger partial charge in [0.2, 0.25) is 0 Å². The summed E-state index contributed by atoms with van der Waals surface area (Å²) in [4.78, 5) is 6.95. The summed E-state index contributed by atoms with van der Waals surface area (Å²) < 4.78 is 8.55. The topological polar surface area (TPSA) is 29.8 Å². The molecule has 2 heterocycles. The number of aromatic nitrogens is 2. The number of ether oxygens (including phenoxy) is 1. The number of benzene rings is 1. The van der Waals surface area contributed by atoms with E-state index in [2.05, 4.69) is 69.4 Å². The average Bonchev–Trinajstić information content (AvgIpc) is 2.87. The predicted molar refractivity (Wildman–Crippen MR) is 101 cm³/mol. The van der Waals surface area contributed by atoms with E-state index < -0.39 is 0 Å². The van der Waals surface area contributed by atoms with Crippen LogP contribution in [-0.2, 0) is 13.1 Å². The van der Waals surface area contributed by atoms with E-state index in [1.54, 1.807) is 7.11 Å². The first-order valence-corrected chi connectivity index (χ1v) is 8.71. The quantitative estimate of drug-likeness (QED) is 0.651. The Bertz CT molecular complexity index is 849. The Morgan fingerprint density at radius 2 is 1.83 bits per heavy atom. The van der Waals surface area contributed by atoms with E-state index in [0.717, 1.165) is 34.7 Å². The largest absolute Gasteiger partial charge is 0.496 e. The van der Waals surface area contributed by atoms with Crippen LogP contribution in [0.5, 0.6) is 5.75 Å². The zero-order valence-corrected chi connectivity index (χ0v) is 16.1. The van der Waals surface area contributed by atoms with E-state index in [-0.39, 0.29) is 0 Å². The van der Waals surface area contributed by atoms with Crippen molar-refractivity contribution in [2.45, 2.75) is 26.9 Å². The van der Waals surface area contributed by atoms with Gasteiger partial charge in [-0.1, -0.05) is 12.1 Å². The molecule has 0 aliphatic carbocycles. The SMILES string of the molecule is COc1c(C)cc(CN(C)Cc2cn3cc(Br)ccc3n2)cc1C. The van der Waals surface area contributed by atoms with Gasteiger partial charge in [0.15, 0.2) is 0 Å². The first-order chi connectivity index (χ1) is 11.5. The number of hydrogen-bond donors (Lipinski definition) is 0. The van der Waals surface area contributed by atoms with Crippen LogP contribution in [0.1, 0.15) is 22.4 Å². The van der Waals surface area contributed by atoms with Crippen LogP contribution in [0.25, 0.3) is 5.65 Å². The number of fused-ring (bicyclic) bond motifs is 1. The highest BCUT2D eigenvalue weighted by molar-refractivity contribution is 9.10. The molecule has 0 bridgehead atoms. The van der Waals surface area contributed by atoms with Crippen molar-refractivity contribution in [3.8, 4) is 5.75 Å². The third-order valence-electron chi connectivity index (χ3n) is 4.07. The van der Waals surface area contributed by atoms with Crippen LogP contribution in [-0.4, -0.2) is 28.4 Å². The van der Waals surface area contributed by atoms with Crippen molar-refractivity contribution in [3.05, 3.63) is 63.5 Å². The average molecular weight is 388 g/mol. The highest BCUT2D eigenvalue weighted by Gasteiger charge is 2.09. The second kappa shape index (κ2) is 6.95. The number of aryl methyl sites for hydroxylation is 2. The first kappa shape index (κ1) is 17.0. The van der Waals surface area contributed by atoms with Gasteiger partial charge >= 0.3 is 0 Å². The van der Waals surface area contributed by atoms with Gasteiger partial charge in [-0.2, -0.15) is 0 Å². The Kier molecular flexibility index (Phi) is 4.92. The predicted octanol–water partition coefficient (Wildman–Crippen LogP) is 4.35. The number of pyridine rings is 1. The summed E-state index contributed by atoms with van der Waals surface area (Å²) in [6, 6.07) is 8.43. The molecule has 0 aliphatic rings. The third-order valence-corrected chi connectivity index (χ3v) is 4.54. The lowest BCUT2D eigenvalue weighted by Crippen LogP contribution is -2.17. The number of halogens is 1. The van der Waals surface area contributed by atoms with Crippen LogP contribution in [0.2, 0.25) is 0 Å². The molecule has 0 aliphatic heterocycles. The number of rotatable bonds is 5. The molecule has 0 radical (unpaired) electrons. The van der Waals surface area contributed by atoms with Crippen molar-refractivity contribution >= 4 is 21.6 Å². The van der Waals surface area contributed by atoms with Crippen LogP contribution >= 0.6 is 15.9 Å². The molecule has 0 N–H and O–H groups in total. The molecule has 0 saturated carbocycles. The molecule has 2 aromatic heterocycles. The zero-order chi connectivity index (χ0) is 17.3. The Labute approximate surface area is 151 Å². The minimum atomic E-state index is 0.809. The second-order valence-electron chi connectivity index (χ2n) is 6.28. The van der Waals surface area contributed by atoms with Crippen LogP contribution < -0.4 is 4.74 Å². The van der Waals surface area contributed by atoms with Gasteiger partial charge in [-0.25, -0.2) is 4.98 Å². The van der Waals surface area contributed by atoms with Crippen molar-refractivity contribution in [1.29, 1.82) is 0 Å². The lowest BCUT2D eigenvalue weighted by molar-refractivity contribution is 0.315. The third kappa shape index (κ3) is 3.62. The second-order valence-corrected chi connectivity index (χ2v) is 7.20. The standard InChI is InChI=1S/C19H22BrN3O/c1-13-7-15(8-14(2)19(13)24-4)9-22(3)11-17-12-23-10-16(20)5-6-18(23)21-17/h5-8,10,12H,9,11H2,1-4H3. The molecule has 0 saturated heterocycles. The molecule has 4 nitrogen and oxygen atoms in total. The minimum absolute atomic E-state index is 0.809. The molecule has 3 aromatic rings. The smallest absolute Gasteiger partial charge is 0.137 e. The highest BCUT2D eigenvalue weighted by Crippen LogP contribution is 2.25. The summed E-state index contributed by atoms with van der Waals surface area (Å²) in [7, 11) is 3.84. The number of nitrogens with zero attached hydrogens (tertiary/aromatic N) is 3. The Hall–Kier alpha value is -1.85. The molecular formula is C19H22BrN3O. The summed E-state index contributed by atoms with van der Waals surface area (Å²) in [5.74, 6) is 0.979. The fraction of sp³-hybridized carbons (Fsp3) is 0.316. The zero-order valence-electron chi connectivity index (χ0n) is 14.5. The van der Waals surface area contributed by atoms with E-state index in [9.17, 15) is 0 Å². The molecule has 1 aromatic carbocycles. The van der Waals surface area contributed by atoms with Gasteiger partial charge in [0.05, 0.1) is 12.8 Å². The van der Waals surface area contributed by atoms with Crippen molar-refractivity contribution in [2.75, 3.05) is 14.2 Å². The maximum Gasteiger partial charge on any atom is 0.137 e. The summed E-state index contributed by atoms with van der Waals surface area (Å²) in [5.41, 5.74) is 5.69. The van der Waals surface area contributed by atoms with Crippen LogP contribution in [0, 0.1) is 13.8 Å². The van der Waals surface area contributed by atoms with Crippen LogP contribution in [0.15, 0.2) is 41.1 Å². The lowest BCUT2D eigenvalue weighted by atomic mass is 10.1. The van der Waals surface area contributed by atoms with E-state index in [0.29, 0.717) is 0 Å². The summed E-state index contributed by atoms with van der Waals surface area (Å²) in [6.07, 6.45) is 4.11. The Morgan fingerprint density at radius 3 is 2.50 bits per heavy atom. The van der Waals surface area contributed by atoms with Gasteiger partial charge in [-0.05, 0) is 65.6 Å². The number of hydrogen-bond acceptors (Lipinski definition) is 3. The monoisotopic (exact) mass is 387 g/mol. The fourth-order valence-electron chi connectivity index (χ4n) is 3.19. The Morgan fingerprint density at radius 1 is 1.12 bits per heavy atom. The molecular weight excluding hydrogens is 366 g/mol. The molecule has 0 atom stereocenters. The summed E-state index contributed by atoms with van der Waals surface area (Å²) in [6.45, 7) is 5.87. The van der Waals surface area contributed by atoms with Crippen molar-refractivity contribution < 1.29 is 4.74 Å². The van der Waals surface area contributed by atoms with Gasteiger partial charge in [-0.15, -0.1) is 0 Å². The molecule has 24 heavy (non-hydrogen) atoms. The van der Waals surface area contributed by atoms with E-state index in [1.807, 2.05) is 18.3 Å². The lowest BCUT2D eigenvalue weighted by Gasteiger charge is -2.17. The fourth-order valence-corrected chi connectivity index (χ4v) is 3.54. The van der Waals surface area contributed by atoms with Gasteiger partial charge in [-0.3, -0.25) is 4.90 Å². The van der Waals surface area contributed by atoms with Gasteiger partial charge in [0, 0.05) is 30.0 Å². The van der Waals surface area contributed by atoms with Crippen molar-refractivity contribution in [2.24, 2.45) is 0 Å². The van der Waals surface area contributed by atoms with Gasteiger partial charge in [0.25, 0.3) is 0 Å². The van der Waals surface area contributed by atoms with Crippen molar-refractivity contribution in [1.82, 2.24) is 14.3 Å². The maximum absolute atomic E-state index is 5.44. The van der Waals surface area contributed by atoms with Crippen molar-refractivity contribution in [3.63, 3.8) is 0 Å². The normalized spacial score (nSPS) is 11.4. The highest BCUT2D eigenvalue weighted by atomic mass is 79.9. The molecule has 0 spiro atoms. The summed E-state index contributed by atoms with van der Waals surface area (Å²) in [5, 5.41) is 0. The minimum Gasteiger partial charge on any atom is -0.496 e. The molecule has 0 unspecified atom stereocenters. The number of imidazole rings is 1. The summed E-state index contributed by atoms with van der Waals surface area (Å²) >= 11 is 3.49. The van der Waals surface area contributed by atoms with E-state index in [4.69, 9.17) is 4.74 Å². The molecule has 0 amide bonds. The van der Waals surface area contributed by atoms with Crippen LogP contribution in [0.3, 0.4) is 0 Å². The van der Waals surface area contributed by atoms with Gasteiger partial charge < -0.3 is 9.14 Å². The molecule has 3 rings (SSSR count). The first-order valence-electron chi connectivity index (χ1n) is 7.92. The van der Waals surface area contributed by atoms with E-state index in [1.165, 1.54) is 16.7 Å². The molecule has 126 valence electrons.